The van der Waals surface area contributed by atoms with Crippen LogP contribution in [-0.2, 0) is 14.3 Å². The summed E-state index contributed by atoms with van der Waals surface area (Å²) in [7, 11) is 1.34. The molecule has 1 fully saturated rings. The molecule has 0 spiro atoms. The Morgan fingerprint density at radius 2 is 2.19 bits per heavy atom. The molecule has 1 aliphatic heterocycles. The maximum absolute atomic E-state index is 12.2. The number of anilines is 1. The maximum Gasteiger partial charge on any atom is 0.311 e. The van der Waals surface area contributed by atoms with E-state index in [0.29, 0.717) is 12.4 Å². The van der Waals surface area contributed by atoms with Gasteiger partial charge in [0.05, 0.1) is 18.4 Å². The molecule has 7 heteroatoms. The average Bonchev–Trinajstić information content (AvgIpc) is 2.99. The molecule has 0 radical (unpaired) electrons. The molecular weight excluding hydrogens is 290 g/mol. The lowest BCUT2D eigenvalue weighted by atomic mass is 10.1. The van der Waals surface area contributed by atoms with Gasteiger partial charge in [-0.2, -0.15) is 0 Å². The lowest BCUT2D eigenvalue weighted by molar-refractivity contribution is -0.145. The summed E-state index contributed by atoms with van der Waals surface area (Å²) in [6, 6.07) is 0. The third-order valence-electron chi connectivity index (χ3n) is 3.86. The van der Waals surface area contributed by atoms with Crippen LogP contribution in [0.4, 0.5) is 5.82 Å². The number of thiophene rings is 1. The Morgan fingerprint density at radius 3 is 2.90 bits per heavy atom. The largest absolute Gasteiger partial charge is 0.469 e. The van der Waals surface area contributed by atoms with Gasteiger partial charge in [0, 0.05) is 17.8 Å². The maximum atomic E-state index is 12.2. The number of hydrogen-bond donors (Lipinski definition) is 0. The molecule has 3 rings (SSSR count). The smallest absolute Gasteiger partial charge is 0.311 e. The van der Waals surface area contributed by atoms with E-state index in [1.54, 1.807) is 16.2 Å². The van der Waals surface area contributed by atoms with Gasteiger partial charge in [-0.1, -0.05) is 0 Å². The van der Waals surface area contributed by atoms with Crippen LogP contribution >= 0.6 is 11.3 Å². The van der Waals surface area contributed by atoms with Crippen molar-refractivity contribution in [3.63, 3.8) is 0 Å². The van der Waals surface area contributed by atoms with Crippen LogP contribution in [0.1, 0.15) is 16.9 Å². The fourth-order valence-electron chi connectivity index (χ4n) is 2.61. The van der Waals surface area contributed by atoms with E-state index < -0.39 is 5.92 Å². The Hall–Kier alpha value is -2.02. The van der Waals surface area contributed by atoms with Gasteiger partial charge in [0.1, 0.15) is 17.0 Å². The van der Waals surface area contributed by atoms with Gasteiger partial charge in [0.15, 0.2) is 0 Å². The second-order valence-corrected chi connectivity index (χ2v) is 6.29. The number of carbonyl (C=O) groups excluding carboxylic acids is 2. The predicted molar refractivity (Wildman–Crippen MR) is 79.4 cm³/mol. The normalized spacial score (nSPS) is 18.5. The number of nitrogens with zero attached hydrogens (tertiary/aromatic N) is 3. The van der Waals surface area contributed by atoms with Crippen LogP contribution in [0.3, 0.4) is 0 Å². The molecule has 3 heterocycles. The van der Waals surface area contributed by atoms with Crippen LogP contribution in [0.5, 0.6) is 0 Å². The molecule has 0 aromatic carbocycles. The number of aryl methyl sites for hydroxylation is 2. The van der Waals surface area contributed by atoms with Crippen molar-refractivity contribution >= 4 is 39.2 Å². The molecule has 2 aromatic heterocycles. The summed E-state index contributed by atoms with van der Waals surface area (Å²) < 4.78 is 4.73. The molecule has 0 N–H and O–H groups in total. The van der Waals surface area contributed by atoms with Crippen LogP contribution in [-0.4, -0.2) is 35.5 Å². The number of ether oxygens (including phenoxy) is 1. The molecule has 2 aromatic rings. The minimum Gasteiger partial charge on any atom is -0.469 e. The molecule has 0 aliphatic carbocycles. The minimum atomic E-state index is -0.424. The Balaban J connectivity index is 2.05. The van der Waals surface area contributed by atoms with E-state index in [1.807, 2.05) is 13.8 Å². The van der Waals surface area contributed by atoms with Gasteiger partial charge in [-0.05, 0) is 19.4 Å². The highest BCUT2D eigenvalue weighted by Crippen LogP contribution is 2.36. The second-order valence-electron chi connectivity index (χ2n) is 5.09. The average molecular weight is 305 g/mol. The predicted octanol–water partition coefficient (Wildman–Crippen LogP) is 1.83. The zero-order chi connectivity index (χ0) is 15.1. The van der Waals surface area contributed by atoms with E-state index in [4.69, 9.17) is 4.74 Å². The summed E-state index contributed by atoms with van der Waals surface area (Å²) in [5, 5.41) is 0.902. The number of aromatic nitrogens is 2. The van der Waals surface area contributed by atoms with Crippen molar-refractivity contribution in [2.45, 2.75) is 20.3 Å². The quantitative estimate of drug-likeness (QED) is 0.792. The van der Waals surface area contributed by atoms with Gasteiger partial charge in [-0.25, -0.2) is 9.97 Å². The summed E-state index contributed by atoms with van der Waals surface area (Å²) in [5.41, 5.74) is 1.08. The molecule has 0 saturated carbocycles. The first-order valence-corrected chi connectivity index (χ1v) is 7.43. The van der Waals surface area contributed by atoms with Crippen molar-refractivity contribution in [1.29, 1.82) is 0 Å². The van der Waals surface area contributed by atoms with Crippen LogP contribution in [0, 0.1) is 19.8 Å². The van der Waals surface area contributed by atoms with Gasteiger partial charge < -0.3 is 4.74 Å². The van der Waals surface area contributed by atoms with Gasteiger partial charge in [0.2, 0.25) is 5.91 Å². The van der Waals surface area contributed by atoms with Crippen LogP contribution < -0.4 is 4.90 Å². The highest BCUT2D eigenvalue weighted by Gasteiger charge is 2.37. The third-order valence-corrected chi connectivity index (χ3v) is 4.98. The first-order chi connectivity index (χ1) is 10.0. The SMILES string of the molecule is COC(=O)C1CC(=O)N(c2ncnc3sc(C)c(C)c23)C1. The molecule has 0 bridgehead atoms. The lowest BCUT2D eigenvalue weighted by Crippen LogP contribution is -2.27. The third kappa shape index (κ3) is 2.17. The Labute approximate surface area is 125 Å². The van der Waals surface area contributed by atoms with Crippen molar-refractivity contribution in [3.05, 3.63) is 16.8 Å². The van der Waals surface area contributed by atoms with Crippen molar-refractivity contribution in [2.24, 2.45) is 5.92 Å². The Bertz CT molecular complexity index is 740. The minimum absolute atomic E-state index is 0.103. The summed E-state index contributed by atoms with van der Waals surface area (Å²) in [6.45, 7) is 4.33. The van der Waals surface area contributed by atoms with Crippen molar-refractivity contribution in [3.8, 4) is 0 Å². The van der Waals surface area contributed by atoms with E-state index in [1.165, 1.54) is 13.4 Å². The van der Waals surface area contributed by atoms with Crippen LogP contribution in [0.25, 0.3) is 10.2 Å². The van der Waals surface area contributed by atoms with E-state index >= 15 is 0 Å². The molecule has 1 aliphatic rings. The molecule has 110 valence electrons. The summed E-state index contributed by atoms with van der Waals surface area (Å²) >= 11 is 1.58. The topological polar surface area (TPSA) is 72.4 Å². The molecule has 1 unspecified atom stereocenters. The zero-order valence-corrected chi connectivity index (χ0v) is 12.9. The standard InChI is InChI=1S/C14H15N3O3S/c1-7-8(2)21-13-11(7)12(15-6-16-13)17-5-9(4-10(17)18)14(19)20-3/h6,9H,4-5H2,1-3H3. The molecular formula is C14H15N3O3S. The Morgan fingerprint density at radius 1 is 1.43 bits per heavy atom. The summed E-state index contributed by atoms with van der Waals surface area (Å²) in [6.07, 6.45) is 1.63. The first kappa shape index (κ1) is 13.9. The van der Waals surface area contributed by atoms with Gasteiger partial charge in [0.25, 0.3) is 0 Å². The number of esters is 1. The lowest BCUT2D eigenvalue weighted by Gasteiger charge is -2.16. The monoisotopic (exact) mass is 305 g/mol. The van der Waals surface area contributed by atoms with E-state index in [2.05, 4.69) is 9.97 Å². The van der Waals surface area contributed by atoms with Crippen molar-refractivity contribution in [2.75, 3.05) is 18.6 Å². The number of fused-ring (bicyclic) bond motifs is 1. The fourth-order valence-corrected chi connectivity index (χ4v) is 3.60. The number of hydrogen-bond acceptors (Lipinski definition) is 6. The summed E-state index contributed by atoms with van der Waals surface area (Å²) in [4.78, 5) is 36.0. The van der Waals surface area contributed by atoms with Gasteiger partial charge >= 0.3 is 5.97 Å². The number of methoxy groups -OCH3 is 1. The summed E-state index contributed by atoms with van der Waals surface area (Å²) in [5.74, 6) is -0.283. The van der Waals surface area contributed by atoms with E-state index in [0.717, 1.165) is 20.7 Å². The van der Waals surface area contributed by atoms with Crippen molar-refractivity contribution < 1.29 is 14.3 Å². The second kappa shape index (κ2) is 5.07. The Kier molecular flexibility index (Phi) is 3.36. The van der Waals surface area contributed by atoms with E-state index in [9.17, 15) is 9.59 Å². The highest BCUT2D eigenvalue weighted by molar-refractivity contribution is 7.18. The number of carbonyl (C=O) groups is 2. The van der Waals surface area contributed by atoms with Crippen molar-refractivity contribution in [1.82, 2.24) is 9.97 Å². The number of amides is 1. The number of rotatable bonds is 2. The molecule has 21 heavy (non-hydrogen) atoms. The van der Waals surface area contributed by atoms with Crippen LogP contribution in [0.2, 0.25) is 0 Å². The fraction of sp³-hybridized carbons (Fsp3) is 0.429. The van der Waals surface area contributed by atoms with Gasteiger partial charge in [-0.15, -0.1) is 11.3 Å². The zero-order valence-electron chi connectivity index (χ0n) is 12.0. The molecule has 1 saturated heterocycles. The molecule has 1 amide bonds. The first-order valence-electron chi connectivity index (χ1n) is 6.61. The van der Waals surface area contributed by atoms with E-state index in [-0.39, 0.29) is 18.3 Å². The molecule has 6 nitrogen and oxygen atoms in total. The van der Waals surface area contributed by atoms with Gasteiger partial charge in [-0.3, -0.25) is 14.5 Å². The molecule has 1 atom stereocenters. The van der Waals surface area contributed by atoms with Crippen LogP contribution in [0.15, 0.2) is 6.33 Å². The highest BCUT2D eigenvalue weighted by atomic mass is 32.1.